The molecule has 17 heavy (non-hydrogen) atoms. The van der Waals surface area contributed by atoms with Crippen LogP contribution in [-0.2, 0) is 0 Å². The first-order valence-electron chi connectivity index (χ1n) is 6.95. The predicted molar refractivity (Wildman–Crippen MR) is 73.7 cm³/mol. The van der Waals surface area contributed by atoms with Gasteiger partial charge in [-0.15, -0.1) is 0 Å². The molecule has 1 aliphatic rings. The van der Waals surface area contributed by atoms with E-state index in [-0.39, 0.29) is 0 Å². The van der Waals surface area contributed by atoms with Crippen molar-refractivity contribution < 1.29 is 0 Å². The summed E-state index contributed by atoms with van der Waals surface area (Å²) < 4.78 is 0. The highest BCUT2D eigenvalue weighted by Crippen LogP contribution is 2.19. The molecule has 0 spiro atoms. The highest BCUT2D eigenvalue weighted by atomic mass is 15.3. The van der Waals surface area contributed by atoms with Crippen molar-refractivity contribution in [2.75, 3.05) is 33.7 Å². The van der Waals surface area contributed by atoms with Crippen molar-refractivity contribution in [3.05, 3.63) is 0 Å². The Morgan fingerprint density at radius 3 is 2.65 bits per heavy atom. The summed E-state index contributed by atoms with van der Waals surface area (Å²) in [7, 11) is 4.44. The van der Waals surface area contributed by atoms with Gasteiger partial charge in [0, 0.05) is 18.6 Å². The minimum absolute atomic E-state index is 0.389. The van der Waals surface area contributed by atoms with E-state index in [1.807, 2.05) is 0 Å². The maximum absolute atomic E-state index is 5.80. The average molecular weight is 242 g/mol. The zero-order valence-corrected chi connectivity index (χ0v) is 11.9. The fraction of sp³-hybridized carbons (Fsp3) is 1.00. The molecule has 1 fully saturated rings. The largest absolute Gasteiger partial charge is 0.305 e. The van der Waals surface area contributed by atoms with Gasteiger partial charge >= 0.3 is 0 Å². The summed E-state index contributed by atoms with van der Waals surface area (Å²) in [4.78, 5) is 4.90. The summed E-state index contributed by atoms with van der Waals surface area (Å²) >= 11 is 0. The quantitative estimate of drug-likeness (QED) is 0.555. The lowest BCUT2D eigenvalue weighted by Gasteiger charge is -2.37. The van der Waals surface area contributed by atoms with Crippen molar-refractivity contribution in [3.63, 3.8) is 0 Å². The Morgan fingerprint density at radius 1 is 1.35 bits per heavy atom. The van der Waals surface area contributed by atoms with Crippen molar-refractivity contribution in [3.8, 4) is 0 Å². The number of nitrogens with zero attached hydrogens (tertiary/aromatic N) is 2. The van der Waals surface area contributed by atoms with E-state index in [4.69, 9.17) is 5.84 Å². The van der Waals surface area contributed by atoms with E-state index in [1.54, 1.807) is 0 Å². The zero-order valence-electron chi connectivity index (χ0n) is 11.9. The van der Waals surface area contributed by atoms with E-state index < -0.39 is 0 Å². The SMILES string of the molecule is CCCC(C)C(NN)C1CN(C)CCCN1C. The molecule has 0 bridgehead atoms. The summed E-state index contributed by atoms with van der Waals surface area (Å²) in [5.74, 6) is 6.43. The highest BCUT2D eigenvalue weighted by Gasteiger charge is 2.30. The molecule has 0 saturated carbocycles. The van der Waals surface area contributed by atoms with Gasteiger partial charge in [0.05, 0.1) is 0 Å². The maximum Gasteiger partial charge on any atom is 0.0404 e. The van der Waals surface area contributed by atoms with Crippen LogP contribution < -0.4 is 11.3 Å². The van der Waals surface area contributed by atoms with Gasteiger partial charge in [0.2, 0.25) is 0 Å². The van der Waals surface area contributed by atoms with E-state index >= 15 is 0 Å². The number of likely N-dealkylation sites (N-methyl/N-ethyl adjacent to an activating group) is 2. The molecular weight excluding hydrogens is 212 g/mol. The second-order valence-electron chi connectivity index (χ2n) is 5.62. The molecule has 102 valence electrons. The molecule has 1 rings (SSSR count). The van der Waals surface area contributed by atoms with Crippen LogP contribution in [-0.4, -0.2) is 55.6 Å². The van der Waals surface area contributed by atoms with Gasteiger partial charge in [0.1, 0.15) is 0 Å². The number of hydrogen-bond acceptors (Lipinski definition) is 4. The van der Waals surface area contributed by atoms with Crippen LogP contribution in [0.3, 0.4) is 0 Å². The molecule has 0 aromatic rings. The Balaban J connectivity index is 2.69. The van der Waals surface area contributed by atoms with Crippen LogP contribution in [0.4, 0.5) is 0 Å². The van der Waals surface area contributed by atoms with Gasteiger partial charge in [-0.05, 0) is 45.9 Å². The molecule has 3 unspecified atom stereocenters. The van der Waals surface area contributed by atoms with Crippen LogP contribution in [0.25, 0.3) is 0 Å². The lowest BCUT2D eigenvalue weighted by molar-refractivity contribution is 0.145. The second-order valence-corrected chi connectivity index (χ2v) is 5.62. The molecule has 4 heteroatoms. The molecule has 0 aromatic carbocycles. The zero-order chi connectivity index (χ0) is 12.8. The minimum Gasteiger partial charge on any atom is -0.305 e. The third-order valence-corrected chi connectivity index (χ3v) is 4.08. The fourth-order valence-electron chi connectivity index (χ4n) is 2.98. The lowest BCUT2D eigenvalue weighted by Crippen LogP contribution is -2.57. The van der Waals surface area contributed by atoms with Crippen LogP contribution in [0.5, 0.6) is 0 Å². The van der Waals surface area contributed by atoms with Crippen LogP contribution >= 0.6 is 0 Å². The Bertz CT molecular complexity index is 210. The summed E-state index contributed by atoms with van der Waals surface area (Å²) in [6, 6.07) is 0.912. The first-order valence-corrected chi connectivity index (χ1v) is 6.95. The summed E-state index contributed by atoms with van der Waals surface area (Å²) in [5, 5.41) is 0. The van der Waals surface area contributed by atoms with Gasteiger partial charge in [0.25, 0.3) is 0 Å². The van der Waals surface area contributed by atoms with Crippen molar-refractivity contribution >= 4 is 0 Å². The smallest absolute Gasteiger partial charge is 0.0404 e. The van der Waals surface area contributed by atoms with E-state index in [0.717, 1.165) is 6.54 Å². The molecule has 4 nitrogen and oxygen atoms in total. The Labute approximate surface area is 106 Å². The Morgan fingerprint density at radius 2 is 2.06 bits per heavy atom. The number of nitrogens with one attached hydrogen (secondary N) is 1. The summed E-state index contributed by atoms with van der Waals surface area (Å²) in [5.41, 5.74) is 3.07. The van der Waals surface area contributed by atoms with Gasteiger partial charge in [-0.2, -0.15) is 0 Å². The first kappa shape index (κ1) is 14.9. The van der Waals surface area contributed by atoms with Crippen LogP contribution in [0, 0.1) is 5.92 Å². The fourth-order valence-corrected chi connectivity index (χ4v) is 2.98. The Hall–Kier alpha value is -0.160. The van der Waals surface area contributed by atoms with Gasteiger partial charge in [-0.25, -0.2) is 0 Å². The monoisotopic (exact) mass is 242 g/mol. The van der Waals surface area contributed by atoms with Crippen molar-refractivity contribution in [2.45, 2.75) is 45.2 Å². The number of rotatable bonds is 5. The van der Waals surface area contributed by atoms with Gasteiger partial charge in [-0.1, -0.05) is 20.3 Å². The molecule has 3 N–H and O–H groups in total. The molecule has 3 atom stereocenters. The van der Waals surface area contributed by atoms with Crippen LogP contribution in [0.2, 0.25) is 0 Å². The van der Waals surface area contributed by atoms with E-state index in [0.29, 0.717) is 18.0 Å². The summed E-state index contributed by atoms with van der Waals surface area (Å²) in [6.07, 6.45) is 3.72. The minimum atomic E-state index is 0.389. The van der Waals surface area contributed by atoms with Crippen molar-refractivity contribution in [1.82, 2.24) is 15.2 Å². The molecule has 0 aliphatic carbocycles. The van der Waals surface area contributed by atoms with Crippen LogP contribution in [0.1, 0.15) is 33.1 Å². The topological polar surface area (TPSA) is 44.5 Å². The first-order chi connectivity index (χ1) is 8.10. The van der Waals surface area contributed by atoms with Crippen molar-refractivity contribution in [2.24, 2.45) is 11.8 Å². The average Bonchev–Trinajstić information content (AvgIpc) is 2.43. The molecule has 0 amide bonds. The van der Waals surface area contributed by atoms with Gasteiger partial charge < -0.3 is 9.80 Å². The Kier molecular flexibility index (Phi) is 6.41. The third kappa shape index (κ3) is 4.21. The van der Waals surface area contributed by atoms with Gasteiger partial charge in [-0.3, -0.25) is 11.3 Å². The van der Waals surface area contributed by atoms with E-state index in [2.05, 4.69) is 43.2 Å². The molecule has 0 radical (unpaired) electrons. The molecular formula is C13H30N4. The second kappa shape index (κ2) is 7.31. The van der Waals surface area contributed by atoms with Crippen molar-refractivity contribution in [1.29, 1.82) is 0 Å². The van der Waals surface area contributed by atoms with Crippen LogP contribution in [0.15, 0.2) is 0 Å². The molecule has 1 aliphatic heterocycles. The number of hydrazine groups is 1. The predicted octanol–water partition coefficient (Wildman–Crippen LogP) is 0.890. The molecule has 1 saturated heterocycles. The third-order valence-electron chi connectivity index (χ3n) is 4.08. The highest BCUT2D eigenvalue weighted by molar-refractivity contribution is 4.89. The van der Waals surface area contributed by atoms with E-state index in [9.17, 15) is 0 Å². The number of nitrogens with two attached hydrogens (primary N) is 1. The standard InChI is InChI=1S/C13H30N4/c1-5-7-11(2)13(15-14)12-10-16(3)8-6-9-17(12)4/h11-13,15H,5-10,14H2,1-4H3. The van der Waals surface area contributed by atoms with E-state index in [1.165, 1.54) is 32.4 Å². The number of hydrogen-bond donors (Lipinski definition) is 2. The molecule has 0 aromatic heterocycles. The summed E-state index contributed by atoms with van der Waals surface area (Å²) in [6.45, 7) is 8.03. The normalized spacial score (nSPS) is 27.7. The maximum atomic E-state index is 5.80. The van der Waals surface area contributed by atoms with Gasteiger partial charge in [0.15, 0.2) is 0 Å². The molecule has 1 heterocycles. The lowest BCUT2D eigenvalue weighted by atomic mass is 9.90.